The molecule has 0 saturated carbocycles. The number of hydrogen-bond donors (Lipinski definition) is 2. The Morgan fingerprint density at radius 1 is 1.75 bits per heavy atom. The van der Waals surface area contributed by atoms with Gasteiger partial charge in [0.15, 0.2) is 0 Å². The van der Waals surface area contributed by atoms with Gasteiger partial charge in [0, 0.05) is 16.8 Å². The molecule has 48 valence electrons. The molecule has 0 aromatic rings. The van der Waals surface area contributed by atoms with E-state index in [-0.39, 0.29) is 0 Å². The fourth-order valence-electron chi connectivity index (χ4n) is 0.323. The van der Waals surface area contributed by atoms with E-state index in [4.69, 9.17) is 5.41 Å². The first-order valence-corrected chi connectivity index (χ1v) is 4.16. The molecule has 0 heterocycles. The summed E-state index contributed by atoms with van der Waals surface area (Å²) in [6.07, 6.45) is 0.865. The molecule has 0 spiro atoms. The summed E-state index contributed by atoms with van der Waals surface area (Å²) in [4.78, 5) is 0. The SMILES string of the molecule is CCC(=N)CNCI. The Morgan fingerprint density at radius 3 is 2.75 bits per heavy atom. The van der Waals surface area contributed by atoms with Gasteiger partial charge in [0.05, 0.1) is 0 Å². The number of nitrogens with one attached hydrogen (secondary N) is 2. The van der Waals surface area contributed by atoms with Crippen LogP contribution < -0.4 is 5.32 Å². The maximum absolute atomic E-state index is 7.17. The first kappa shape index (κ1) is 8.36. The van der Waals surface area contributed by atoms with Crippen LogP contribution in [0.1, 0.15) is 13.3 Å². The number of hydrogen-bond acceptors (Lipinski definition) is 2. The van der Waals surface area contributed by atoms with Gasteiger partial charge in [0.2, 0.25) is 0 Å². The van der Waals surface area contributed by atoms with Crippen molar-refractivity contribution in [3.8, 4) is 0 Å². The van der Waals surface area contributed by atoms with Crippen LogP contribution >= 0.6 is 22.6 Å². The van der Waals surface area contributed by atoms with Crippen LogP contribution in [0.5, 0.6) is 0 Å². The van der Waals surface area contributed by atoms with Gasteiger partial charge in [-0.05, 0) is 6.42 Å². The van der Waals surface area contributed by atoms with E-state index in [2.05, 4.69) is 27.9 Å². The Hall–Kier alpha value is 0.360. The van der Waals surface area contributed by atoms with Crippen molar-refractivity contribution >= 4 is 28.3 Å². The normalized spacial score (nSPS) is 9.25. The quantitative estimate of drug-likeness (QED) is 0.323. The second-order valence-electron chi connectivity index (χ2n) is 1.52. The Morgan fingerprint density at radius 2 is 2.38 bits per heavy atom. The summed E-state index contributed by atoms with van der Waals surface area (Å²) in [7, 11) is 0. The minimum absolute atomic E-state index is 0.749. The molecule has 0 saturated heterocycles. The van der Waals surface area contributed by atoms with Gasteiger partial charge in [0.1, 0.15) is 0 Å². The van der Waals surface area contributed by atoms with E-state index in [1.165, 1.54) is 0 Å². The summed E-state index contributed by atoms with van der Waals surface area (Å²) in [5.41, 5.74) is 0.779. The summed E-state index contributed by atoms with van der Waals surface area (Å²) in [6.45, 7) is 2.75. The molecule has 2 nitrogen and oxygen atoms in total. The second kappa shape index (κ2) is 5.50. The molecular weight excluding hydrogens is 215 g/mol. The summed E-state index contributed by atoms with van der Waals surface area (Å²) in [5, 5.41) is 10.2. The smallest absolute Gasteiger partial charge is 0.0482 e. The molecule has 0 radical (unpaired) electrons. The molecule has 0 aliphatic rings. The van der Waals surface area contributed by atoms with Crippen molar-refractivity contribution < 1.29 is 0 Å². The predicted molar refractivity (Wildman–Crippen MR) is 44.9 cm³/mol. The third-order valence-corrected chi connectivity index (χ3v) is 1.40. The molecule has 0 rings (SSSR count). The highest BCUT2D eigenvalue weighted by Gasteiger charge is 1.87. The molecule has 0 bridgehead atoms. The minimum atomic E-state index is 0.749. The van der Waals surface area contributed by atoms with Gasteiger partial charge in [-0.3, -0.25) is 0 Å². The maximum Gasteiger partial charge on any atom is 0.0482 e. The zero-order valence-electron chi connectivity index (χ0n) is 5.00. The van der Waals surface area contributed by atoms with Crippen LogP contribution in [0.2, 0.25) is 0 Å². The molecule has 0 aliphatic carbocycles. The molecule has 0 aromatic heterocycles. The van der Waals surface area contributed by atoms with Gasteiger partial charge in [0.25, 0.3) is 0 Å². The van der Waals surface area contributed by atoms with E-state index < -0.39 is 0 Å². The second-order valence-corrected chi connectivity index (χ2v) is 2.28. The molecule has 2 N–H and O–H groups in total. The Bertz CT molecular complexity index is 72.8. The molecular formula is C5H11IN2. The van der Waals surface area contributed by atoms with Crippen molar-refractivity contribution in [2.24, 2.45) is 0 Å². The van der Waals surface area contributed by atoms with Crippen molar-refractivity contribution in [1.82, 2.24) is 5.32 Å². The maximum atomic E-state index is 7.17. The first-order chi connectivity index (χ1) is 3.81. The van der Waals surface area contributed by atoms with E-state index >= 15 is 0 Å². The molecule has 0 aliphatic heterocycles. The van der Waals surface area contributed by atoms with Crippen molar-refractivity contribution in [3.63, 3.8) is 0 Å². The highest BCUT2D eigenvalue weighted by Crippen LogP contribution is 1.79. The highest BCUT2D eigenvalue weighted by molar-refractivity contribution is 14.1. The number of rotatable bonds is 4. The average Bonchev–Trinajstić information content (AvgIpc) is 1.83. The minimum Gasteiger partial charge on any atom is -0.308 e. The summed E-state index contributed by atoms with van der Waals surface area (Å²) in [5.74, 6) is 0. The fraction of sp³-hybridized carbons (Fsp3) is 0.800. The van der Waals surface area contributed by atoms with E-state index in [1.54, 1.807) is 0 Å². The third kappa shape index (κ3) is 4.52. The third-order valence-electron chi connectivity index (χ3n) is 0.860. The van der Waals surface area contributed by atoms with Gasteiger partial charge in [-0.2, -0.15) is 0 Å². The lowest BCUT2D eigenvalue weighted by Crippen LogP contribution is -2.19. The zero-order valence-corrected chi connectivity index (χ0v) is 7.16. The topological polar surface area (TPSA) is 35.9 Å². The largest absolute Gasteiger partial charge is 0.308 e. The average molecular weight is 226 g/mol. The number of halogens is 1. The van der Waals surface area contributed by atoms with E-state index in [0.717, 1.165) is 23.2 Å². The van der Waals surface area contributed by atoms with Gasteiger partial charge < -0.3 is 10.7 Å². The molecule has 0 unspecified atom stereocenters. The Kier molecular flexibility index (Phi) is 5.74. The molecule has 3 heteroatoms. The van der Waals surface area contributed by atoms with E-state index in [9.17, 15) is 0 Å². The fourth-order valence-corrected chi connectivity index (χ4v) is 0.593. The monoisotopic (exact) mass is 226 g/mol. The summed E-state index contributed by atoms with van der Waals surface area (Å²) < 4.78 is 0.931. The molecule has 0 aromatic carbocycles. The lowest BCUT2D eigenvalue weighted by atomic mass is 10.3. The summed E-state index contributed by atoms with van der Waals surface area (Å²) >= 11 is 2.23. The Labute approximate surface area is 63.7 Å². The van der Waals surface area contributed by atoms with Crippen LogP contribution in [-0.4, -0.2) is 16.8 Å². The number of alkyl halides is 1. The van der Waals surface area contributed by atoms with Crippen LogP contribution in [0.25, 0.3) is 0 Å². The van der Waals surface area contributed by atoms with Gasteiger partial charge >= 0.3 is 0 Å². The van der Waals surface area contributed by atoms with Crippen LogP contribution in [0, 0.1) is 5.41 Å². The lowest BCUT2D eigenvalue weighted by Gasteiger charge is -1.97. The Balaban J connectivity index is 2.99. The standard InChI is InChI=1S/C5H11IN2/c1-2-5(7)3-8-4-6/h7-8H,2-4H2,1H3. The van der Waals surface area contributed by atoms with Gasteiger partial charge in [-0.15, -0.1) is 0 Å². The van der Waals surface area contributed by atoms with Gasteiger partial charge in [-0.25, -0.2) is 0 Å². The zero-order chi connectivity index (χ0) is 6.41. The van der Waals surface area contributed by atoms with Crippen molar-refractivity contribution in [2.45, 2.75) is 13.3 Å². The van der Waals surface area contributed by atoms with Crippen LogP contribution in [-0.2, 0) is 0 Å². The van der Waals surface area contributed by atoms with E-state index in [1.807, 2.05) is 6.92 Å². The first-order valence-electron chi connectivity index (χ1n) is 2.64. The van der Waals surface area contributed by atoms with Gasteiger partial charge in [-0.1, -0.05) is 29.5 Å². The van der Waals surface area contributed by atoms with Crippen LogP contribution in [0.15, 0.2) is 0 Å². The molecule has 0 amide bonds. The van der Waals surface area contributed by atoms with E-state index in [0.29, 0.717) is 0 Å². The summed E-state index contributed by atoms with van der Waals surface area (Å²) in [6, 6.07) is 0. The van der Waals surface area contributed by atoms with Crippen molar-refractivity contribution in [2.75, 3.05) is 11.1 Å². The van der Waals surface area contributed by atoms with Crippen LogP contribution in [0.4, 0.5) is 0 Å². The van der Waals surface area contributed by atoms with Crippen LogP contribution in [0.3, 0.4) is 0 Å². The highest BCUT2D eigenvalue weighted by atomic mass is 127. The van der Waals surface area contributed by atoms with Crippen molar-refractivity contribution in [3.05, 3.63) is 0 Å². The molecule has 8 heavy (non-hydrogen) atoms. The molecule has 0 fully saturated rings. The predicted octanol–water partition coefficient (Wildman–Crippen LogP) is 1.40. The molecule has 0 atom stereocenters. The lowest BCUT2D eigenvalue weighted by molar-refractivity contribution is 0.911. The van der Waals surface area contributed by atoms with Crippen molar-refractivity contribution in [1.29, 1.82) is 5.41 Å².